The highest BCUT2D eigenvalue weighted by Gasteiger charge is 2.41. The van der Waals surface area contributed by atoms with Crippen molar-refractivity contribution in [2.75, 3.05) is 7.11 Å². The van der Waals surface area contributed by atoms with Gasteiger partial charge in [0.1, 0.15) is 5.82 Å². The Morgan fingerprint density at radius 3 is 1.84 bits per heavy atom. The van der Waals surface area contributed by atoms with Gasteiger partial charge in [0, 0.05) is 0 Å². The molecule has 0 fully saturated rings. The van der Waals surface area contributed by atoms with E-state index in [1.54, 1.807) is 0 Å². The van der Waals surface area contributed by atoms with Crippen LogP contribution >= 0.6 is 0 Å². The molecule has 106 valence electrons. The van der Waals surface area contributed by atoms with E-state index in [9.17, 15) is 35.5 Å². The van der Waals surface area contributed by atoms with Gasteiger partial charge in [-0.1, -0.05) is 0 Å². The maximum absolute atomic E-state index is 13.1. The summed E-state index contributed by atoms with van der Waals surface area (Å²) in [6.45, 7) is 0. The molecule has 0 aliphatic carbocycles. The third-order valence-electron chi connectivity index (χ3n) is 2.12. The minimum atomic E-state index is -5.23. The number of hydrogen-bond acceptors (Lipinski definition) is 2. The lowest BCUT2D eigenvalue weighted by atomic mass is 10.0. The highest BCUT2D eigenvalue weighted by atomic mass is 19.4. The molecule has 0 amide bonds. The Morgan fingerprint density at radius 2 is 1.47 bits per heavy atom. The second-order valence-corrected chi connectivity index (χ2v) is 3.36. The fraction of sp³-hybridized carbons (Fsp3) is 0.300. The first-order chi connectivity index (χ1) is 8.48. The second kappa shape index (κ2) is 4.71. The van der Waals surface area contributed by atoms with E-state index in [1.165, 1.54) is 0 Å². The predicted molar refractivity (Wildman–Crippen MR) is 47.7 cm³/mol. The summed E-state index contributed by atoms with van der Waals surface area (Å²) < 4.78 is 91.5. The summed E-state index contributed by atoms with van der Waals surface area (Å²) >= 11 is 0. The predicted octanol–water partition coefficient (Wildman–Crippen LogP) is 3.65. The fourth-order valence-corrected chi connectivity index (χ4v) is 1.30. The number of esters is 1. The van der Waals surface area contributed by atoms with E-state index in [0.29, 0.717) is 7.11 Å². The summed E-state index contributed by atoms with van der Waals surface area (Å²) in [5.74, 6) is -3.76. The average Bonchev–Trinajstić information content (AvgIpc) is 2.24. The van der Waals surface area contributed by atoms with Crippen LogP contribution in [0.4, 0.5) is 30.7 Å². The Bertz CT molecular complexity index is 502. The first-order valence-corrected chi connectivity index (χ1v) is 4.54. The van der Waals surface area contributed by atoms with E-state index in [0.717, 1.165) is 0 Å². The van der Waals surface area contributed by atoms with E-state index in [-0.39, 0.29) is 12.1 Å². The van der Waals surface area contributed by atoms with Crippen LogP contribution in [0.15, 0.2) is 12.1 Å². The van der Waals surface area contributed by atoms with E-state index in [1.807, 2.05) is 0 Å². The number of rotatable bonds is 1. The molecule has 9 heteroatoms. The maximum Gasteiger partial charge on any atom is 0.419 e. The number of methoxy groups -OCH3 is 1. The highest BCUT2D eigenvalue weighted by Crippen LogP contribution is 2.38. The summed E-state index contributed by atoms with van der Waals surface area (Å²) in [6, 6.07) is -0.598. The minimum Gasteiger partial charge on any atom is -0.465 e. The second-order valence-electron chi connectivity index (χ2n) is 3.36. The van der Waals surface area contributed by atoms with Gasteiger partial charge in [-0.15, -0.1) is 0 Å². The zero-order valence-corrected chi connectivity index (χ0v) is 9.12. The van der Waals surface area contributed by atoms with Crippen molar-refractivity contribution in [2.45, 2.75) is 12.4 Å². The molecule has 1 aromatic carbocycles. The average molecular weight is 290 g/mol. The molecule has 0 atom stereocenters. The topological polar surface area (TPSA) is 26.3 Å². The smallest absolute Gasteiger partial charge is 0.419 e. The molecule has 1 aromatic rings. The van der Waals surface area contributed by atoms with Gasteiger partial charge in [0.15, 0.2) is 0 Å². The van der Waals surface area contributed by atoms with E-state index >= 15 is 0 Å². The summed E-state index contributed by atoms with van der Waals surface area (Å²) in [6.07, 6.45) is -10.4. The first kappa shape index (κ1) is 15.3. The molecular weight excluding hydrogens is 285 g/mol. The molecule has 0 aliphatic rings. The zero-order valence-electron chi connectivity index (χ0n) is 9.12. The third kappa shape index (κ3) is 3.15. The number of hydrogen-bond donors (Lipinski definition) is 0. The quantitative estimate of drug-likeness (QED) is 0.583. The molecule has 0 radical (unpaired) electrons. The lowest BCUT2D eigenvalue weighted by Gasteiger charge is -2.15. The third-order valence-corrected chi connectivity index (χ3v) is 2.12. The van der Waals surface area contributed by atoms with Crippen LogP contribution in [0, 0.1) is 5.82 Å². The maximum atomic E-state index is 13.1. The van der Waals surface area contributed by atoms with Gasteiger partial charge in [0.05, 0.1) is 23.8 Å². The molecule has 19 heavy (non-hydrogen) atoms. The van der Waals surface area contributed by atoms with Gasteiger partial charge in [-0.25, -0.2) is 9.18 Å². The van der Waals surface area contributed by atoms with Gasteiger partial charge in [0.25, 0.3) is 0 Å². The number of halogens is 7. The normalized spacial score (nSPS) is 12.4. The molecule has 0 heterocycles. The SMILES string of the molecule is COC(=O)c1cc(C(F)(F)F)c(F)cc1C(F)(F)F. The number of ether oxygens (including phenoxy) is 1. The zero-order chi connectivity index (χ0) is 15.0. The van der Waals surface area contributed by atoms with Crippen LogP contribution in [0.5, 0.6) is 0 Å². The summed E-state index contributed by atoms with van der Waals surface area (Å²) in [7, 11) is 0.694. The van der Waals surface area contributed by atoms with Crippen molar-refractivity contribution in [3.05, 3.63) is 34.6 Å². The van der Waals surface area contributed by atoms with Crippen molar-refractivity contribution in [3.63, 3.8) is 0 Å². The van der Waals surface area contributed by atoms with E-state index in [2.05, 4.69) is 4.74 Å². The number of carbonyl (C=O) groups is 1. The number of alkyl halides is 6. The summed E-state index contributed by atoms with van der Waals surface area (Å²) in [5.41, 5.74) is -5.20. The van der Waals surface area contributed by atoms with Crippen LogP contribution in [-0.2, 0) is 17.1 Å². The van der Waals surface area contributed by atoms with Crippen LogP contribution in [0.3, 0.4) is 0 Å². The van der Waals surface area contributed by atoms with Gasteiger partial charge in [-0.3, -0.25) is 0 Å². The Morgan fingerprint density at radius 1 is 1.00 bits per heavy atom. The molecule has 1 rings (SSSR count). The van der Waals surface area contributed by atoms with Crippen LogP contribution < -0.4 is 0 Å². The molecule has 0 aromatic heterocycles. The molecule has 0 N–H and O–H groups in total. The first-order valence-electron chi connectivity index (χ1n) is 4.54. The van der Waals surface area contributed by atoms with Crippen molar-refractivity contribution in [1.29, 1.82) is 0 Å². The molecule has 0 saturated heterocycles. The van der Waals surface area contributed by atoms with E-state index in [4.69, 9.17) is 0 Å². The van der Waals surface area contributed by atoms with Gasteiger partial charge in [-0.2, -0.15) is 26.3 Å². The molecule has 2 nitrogen and oxygen atoms in total. The van der Waals surface area contributed by atoms with Crippen molar-refractivity contribution in [2.24, 2.45) is 0 Å². The molecule has 0 spiro atoms. The summed E-state index contributed by atoms with van der Waals surface area (Å²) in [5, 5.41) is 0. The van der Waals surface area contributed by atoms with Crippen molar-refractivity contribution in [1.82, 2.24) is 0 Å². The highest BCUT2D eigenvalue weighted by molar-refractivity contribution is 5.91. The number of carbonyl (C=O) groups excluding carboxylic acids is 1. The van der Waals surface area contributed by atoms with Gasteiger partial charge in [0.2, 0.25) is 0 Å². The van der Waals surface area contributed by atoms with E-state index < -0.39 is 40.8 Å². The number of benzene rings is 1. The Hall–Kier alpha value is -1.80. The molecule has 0 unspecified atom stereocenters. The van der Waals surface area contributed by atoms with Gasteiger partial charge >= 0.3 is 18.3 Å². The Balaban J connectivity index is 3.60. The van der Waals surface area contributed by atoms with Crippen molar-refractivity contribution in [3.8, 4) is 0 Å². The van der Waals surface area contributed by atoms with Crippen molar-refractivity contribution < 1.29 is 40.3 Å². The Labute approximate surface area is 101 Å². The largest absolute Gasteiger partial charge is 0.465 e. The lowest BCUT2D eigenvalue weighted by molar-refractivity contribution is -0.143. The monoisotopic (exact) mass is 290 g/mol. The van der Waals surface area contributed by atoms with Gasteiger partial charge in [-0.05, 0) is 12.1 Å². The summed E-state index contributed by atoms with van der Waals surface area (Å²) in [4.78, 5) is 11.1. The minimum absolute atomic E-state index is 0.218. The fourth-order valence-electron chi connectivity index (χ4n) is 1.30. The molecule has 0 saturated carbocycles. The molecule has 0 aliphatic heterocycles. The molecule has 0 bridgehead atoms. The van der Waals surface area contributed by atoms with Crippen LogP contribution in [0.25, 0.3) is 0 Å². The standard InChI is InChI=1S/C10H5F7O2/c1-19-8(18)4-2-6(10(15,16)17)7(11)3-5(4)9(12,13)14/h2-3H,1H3. The van der Waals surface area contributed by atoms with Crippen molar-refractivity contribution >= 4 is 5.97 Å². The van der Waals surface area contributed by atoms with Crippen LogP contribution in [0.1, 0.15) is 21.5 Å². The Kier molecular flexibility index (Phi) is 3.78. The molecular formula is C10H5F7O2. The lowest BCUT2D eigenvalue weighted by Crippen LogP contribution is -2.18. The van der Waals surface area contributed by atoms with Gasteiger partial charge < -0.3 is 4.74 Å². The van der Waals surface area contributed by atoms with Crippen LogP contribution in [0.2, 0.25) is 0 Å². The van der Waals surface area contributed by atoms with Crippen LogP contribution in [-0.4, -0.2) is 13.1 Å².